The molecule has 1 N–H and O–H groups in total. The largest absolute Gasteiger partial charge is 0.388 e. The number of aliphatic hydroxyl groups is 1. The Labute approximate surface area is 103 Å². The van der Waals surface area contributed by atoms with E-state index in [0.29, 0.717) is 38.9 Å². The van der Waals surface area contributed by atoms with Crippen molar-refractivity contribution in [3.05, 3.63) is 0 Å². The van der Waals surface area contributed by atoms with Gasteiger partial charge < -0.3 is 14.6 Å². The minimum Gasteiger partial charge on any atom is -0.388 e. The van der Waals surface area contributed by atoms with Crippen LogP contribution in [0.25, 0.3) is 0 Å². The predicted octanol–water partition coefficient (Wildman–Crippen LogP) is 1.63. The van der Waals surface area contributed by atoms with Crippen molar-refractivity contribution in [2.45, 2.75) is 50.2 Å². The van der Waals surface area contributed by atoms with Gasteiger partial charge in [-0.1, -0.05) is 0 Å². The third kappa shape index (κ3) is 2.20. The molecule has 0 atom stereocenters. The highest BCUT2D eigenvalue weighted by Gasteiger charge is 2.52. The topological polar surface area (TPSA) is 62.5 Å². The average molecular weight is 239 g/mol. The van der Waals surface area contributed by atoms with E-state index in [4.69, 9.17) is 9.47 Å². The maximum Gasteiger partial charge on any atom is 0.0903 e. The normalized spacial score (nSPS) is 37.4. The molecular weight excluding hydrogens is 218 g/mol. The molecule has 0 aromatic heterocycles. The number of ether oxygens (including phenoxy) is 2. The Bertz CT molecular complexity index is 296. The smallest absolute Gasteiger partial charge is 0.0903 e. The lowest BCUT2D eigenvalue weighted by molar-refractivity contribution is -0.137. The van der Waals surface area contributed by atoms with Gasteiger partial charge in [-0.25, -0.2) is 0 Å². The number of nitriles is 1. The number of nitrogens with zero attached hydrogens (tertiary/aromatic N) is 1. The molecule has 0 aromatic carbocycles. The number of hydrogen-bond acceptors (Lipinski definition) is 4. The van der Waals surface area contributed by atoms with Crippen LogP contribution in [0.3, 0.4) is 0 Å². The van der Waals surface area contributed by atoms with Gasteiger partial charge in [0.15, 0.2) is 0 Å². The summed E-state index contributed by atoms with van der Waals surface area (Å²) < 4.78 is 10.6. The Balaban J connectivity index is 2.11. The highest BCUT2D eigenvalue weighted by molar-refractivity contribution is 5.13. The minimum absolute atomic E-state index is 0.242. The molecule has 17 heavy (non-hydrogen) atoms. The Morgan fingerprint density at radius 1 is 1.24 bits per heavy atom. The molecule has 0 radical (unpaired) electrons. The van der Waals surface area contributed by atoms with E-state index < -0.39 is 11.0 Å². The number of methoxy groups -OCH3 is 1. The molecule has 0 spiro atoms. The van der Waals surface area contributed by atoms with Crippen LogP contribution in [0.15, 0.2) is 0 Å². The van der Waals surface area contributed by atoms with Crippen molar-refractivity contribution in [1.82, 2.24) is 0 Å². The first kappa shape index (κ1) is 12.8. The summed E-state index contributed by atoms with van der Waals surface area (Å²) in [4.78, 5) is 0. The molecule has 2 aliphatic rings. The summed E-state index contributed by atoms with van der Waals surface area (Å²) in [5.41, 5.74) is -1.45. The predicted molar refractivity (Wildman–Crippen MR) is 62.3 cm³/mol. The van der Waals surface area contributed by atoms with Gasteiger partial charge in [0.05, 0.1) is 23.2 Å². The van der Waals surface area contributed by atoms with Gasteiger partial charge in [-0.2, -0.15) is 5.26 Å². The van der Waals surface area contributed by atoms with Gasteiger partial charge in [0.2, 0.25) is 0 Å². The third-order valence-electron chi connectivity index (χ3n) is 4.54. The van der Waals surface area contributed by atoms with Crippen LogP contribution in [0, 0.1) is 16.7 Å². The van der Waals surface area contributed by atoms with Crippen LogP contribution in [0.2, 0.25) is 0 Å². The highest BCUT2D eigenvalue weighted by atomic mass is 16.5. The van der Waals surface area contributed by atoms with E-state index in [0.717, 1.165) is 12.8 Å². The molecular formula is C13H21NO3. The first-order valence-electron chi connectivity index (χ1n) is 6.40. The second-order valence-electron chi connectivity index (χ2n) is 5.27. The standard InChI is InChI=1S/C13H21NO3/c1-16-11-2-4-13(15,5-3-11)12(10-14)6-8-17-9-7-12/h11,15H,2-9H2,1H3. The molecule has 0 amide bonds. The fraction of sp³-hybridized carbons (Fsp3) is 0.923. The van der Waals surface area contributed by atoms with E-state index in [1.165, 1.54) is 0 Å². The summed E-state index contributed by atoms with van der Waals surface area (Å²) in [7, 11) is 1.71. The molecule has 2 rings (SSSR count). The summed E-state index contributed by atoms with van der Waals surface area (Å²) in [5, 5.41) is 20.3. The second kappa shape index (κ2) is 4.93. The van der Waals surface area contributed by atoms with Crippen molar-refractivity contribution in [2.24, 2.45) is 5.41 Å². The monoisotopic (exact) mass is 239 g/mol. The van der Waals surface area contributed by atoms with Gasteiger partial charge in [0.1, 0.15) is 0 Å². The Morgan fingerprint density at radius 3 is 2.29 bits per heavy atom. The summed E-state index contributed by atoms with van der Waals surface area (Å²) in [6.45, 7) is 1.17. The van der Waals surface area contributed by atoms with Crippen molar-refractivity contribution < 1.29 is 14.6 Å². The van der Waals surface area contributed by atoms with Crippen LogP contribution < -0.4 is 0 Å². The minimum atomic E-state index is -0.847. The molecule has 1 aliphatic heterocycles. The zero-order chi connectivity index (χ0) is 12.4. The quantitative estimate of drug-likeness (QED) is 0.795. The highest BCUT2D eigenvalue weighted by Crippen LogP contribution is 2.48. The van der Waals surface area contributed by atoms with E-state index >= 15 is 0 Å². The van der Waals surface area contributed by atoms with Crippen LogP contribution in [0.4, 0.5) is 0 Å². The van der Waals surface area contributed by atoms with E-state index in [1.54, 1.807) is 7.11 Å². The molecule has 96 valence electrons. The van der Waals surface area contributed by atoms with Crippen LogP contribution in [-0.2, 0) is 9.47 Å². The Morgan fingerprint density at radius 2 is 1.82 bits per heavy atom. The van der Waals surface area contributed by atoms with Gasteiger partial charge in [-0.05, 0) is 38.5 Å². The van der Waals surface area contributed by atoms with Crippen molar-refractivity contribution in [3.63, 3.8) is 0 Å². The van der Waals surface area contributed by atoms with Crippen molar-refractivity contribution in [2.75, 3.05) is 20.3 Å². The maximum absolute atomic E-state index is 10.8. The molecule has 2 fully saturated rings. The molecule has 1 aliphatic carbocycles. The van der Waals surface area contributed by atoms with Gasteiger partial charge in [-0.15, -0.1) is 0 Å². The van der Waals surface area contributed by atoms with Gasteiger partial charge >= 0.3 is 0 Å². The molecule has 4 heteroatoms. The maximum atomic E-state index is 10.8. The lowest BCUT2D eigenvalue weighted by atomic mass is 9.62. The van der Waals surface area contributed by atoms with Crippen molar-refractivity contribution >= 4 is 0 Å². The average Bonchev–Trinajstić information content (AvgIpc) is 2.40. The first-order valence-corrected chi connectivity index (χ1v) is 6.40. The lowest BCUT2D eigenvalue weighted by Crippen LogP contribution is -2.53. The molecule has 1 saturated carbocycles. The van der Waals surface area contributed by atoms with Gasteiger partial charge in [-0.3, -0.25) is 0 Å². The first-order chi connectivity index (χ1) is 8.16. The van der Waals surface area contributed by atoms with E-state index in [9.17, 15) is 10.4 Å². The molecule has 4 nitrogen and oxygen atoms in total. The van der Waals surface area contributed by atoms with E-state index in [1.807, 2.05) is 0 Å². The lowest BCUT2D eigenvalue weighted by Gasteiger charge is -2.48. The van der Waals surface area contributed by atoms with Crippen molar-refractivity contribution in [1.29, 1.82) is 5.26 Å². The van der Waals surface area contributed by atoms with Crippen LogP contribution in [0.1, 0.15) is 38.5 Å². The molecule has 0 bridgehead atoms. The SMILES string of the molecule is COC1CCC(O)(C2(C#N)CCOCC2)CC1. The van der Waals surface area contributed by atoms with E-state index in [2.05, 4.69) is 6.07 Å². The summed E-state index contributed by atoms with van der Waals surface area (Å²) in [6.07, 6.45) is 4.56. The molecule has 0 aromatic rings. The van der Waals surface area contributed by atoms with Crippen molar-refractivity contribution in [3.8, 4) is 6.07 Å². The number of rotatable bonds is 2. The van der Waals surface area contributed by atoms with Crippen LogP contribution in [-0.4, -0.2) is 37.1 Å². The fourth-order valence-corrected chi connectivity index (χ4v) is 3.18. The summed E-state index contributed by atoms with van der Waals surface area (Å²) >= 11 is 0. The van der Waals surface area contributed by atoms with Gasteiger partial charge in [0.25, 0.3) is 0 Å². The summed E-state index contributed by atoms with van der Waals surface area (Å²) in [6, 6.07) is 2.39. The second-order valence-corrected chi connectivity index (χ2v) is 5.27. The summed E-state index contributed by atoms with van der Waals surface area (Å²) in [5.74, 6) is 0. The van der Waals surface area contributed by atoms with Crippen LogP contribution in [0.5, 0.6) is 0 Å². The Hall–Kier alpha value is -0.630. The molecule has 1 saturated heterocycles. The molecule has 0 unspecified atom stereocenters. The Kier molecular flexibility index (Phi) is 3.72. The van der Waals surface area contributed by atoms with Crippen LogP contribution >= 0.6 is 0 Å². The van der Waals surface area contributed by atoms with Gasteiger partial charge in [0, 0.05) is 20.3 Å². The number of hydrogen-bond donors (Lipinski definition) is 1. The zero-order valence-electron chi connectivity index (χ0n) is 10.4. The molecule has 1 heterocycles. The van der Waals surface area contributed by atoms with E-state index in [-0.39, 0.29) is 6.10 Å². The third-order valence-corrected chi connectivity index (χ3v) is 4.54. The zero-order valence-corrected chi connectivity index (χ0v) is 10.4. The fourth-order valence-electron chi connectivity index (χ4n) is 3.18.